The second-order valence-electron chi connectivity index (χ2n) is 3.45. The smallest absolute Gasteiger partial charge is 0.307 e. The van der Waals surface area contributed by atoms with Crippen LogP contribution < -0.4 is 5.73 Å². The number of nitrogens with two attached hydrogens (primary N) is 1. The molecule has 4 nitrogen and oxygen atoms in total. The lowest BCUT2D eigenvalue weighted by molar-refractivity contribution is -0.143. The Bertz CT molecular complexity index is 403. The van der Waals surface area contributed by atoms with Crippen molar-refractivity contribution in [2.75, 3.05) is 6.61 Å². The van der Waals surface area contributed by atoms with Crippen LogP contribution in [0, 0.1) is 0 Å². The zero-order chi connectivity index (χ0) is 13.0. The minimum absolute atomic E-state index is 0. The molecule has 0 aliphatic rings. The second kappa shape index (κ2) is 7.69. The summed E-state index contributed by atoms with van der Waals surface area (Å²) < 4.78 is 4.78. The van der Waals surface area contributed by atoms with Gasteiger partial charge < -0.3 is 15.6 Å². The molecule has 18 heavy (non-hydrogen) atoms. The Kier molecular flexibility index (Phi) is 7.40. The number of aromatic hydroxyl groups is 1. The zero-order valence-electron chi connectivity index (χ0n) is 9.65. The van der Waals surface area contributed by atoms with Crippen LogP contribution in [-0.4, -0.2) is 17.7 Å². The molecule has 7 heteroatoms. The Labute approximate surface area is 121 Å². The van der Waals surface area contributed by atoms with E-state index < -0.39 is 6.04 Å². The van der Waals surface area contributed by atoms with Gasteiger partial charge in [-0.2, -0.15) is 0 Å². The first-order valence-corrected chi connectivity index (χ1v) is 5.80. The van der Waals surface area contributed by atoms with Crippen molar-refractivity contribution in [3.05, 3.63) is 27.7 Å². The summed E-state index contributed by atoms with van der Waals surface area (Å²) in [6, 6.07) is 2.39. The van der Waals surface area contributed by atoms with Crippen molar-refractivity contribution in [3.8, 4) is 5.75 Å². The van der Waals surface area contributed by atoms with Crippen LogP contribution in [0.2, 0.25) is 10.0 Å². The molecule has 0 radical (unpaired) electrons. The number of hydrogen-bond donors (Lipinski definition) is 2. The topological polar surface area (TPSA) is 72.5 Å². The highest BCUT2D eigenvalue weighted by atomic mass is 35.5. The van der Waals surface area contributed by atoms with Gasteiger partial charge in [0.1, 0.15) is 0 Å². The molecule has 0 aromatic heterocycles. The van der Waals surface area contributed by atoms with Gasteiger partial charge in [-0.3, -0.25) is 4.79 Å². The van der Waals surface area contributed by atoms with E-state index in [-0.39, 0.29) is 40.6 Å². The fourth-order valence-corrected chi connectivity index (χ4v) is 1.82. The molecule has 0 heterocycles. The lowest BCUT2D eigenvalue weighted by Crippen LogP contribution is -2.17. The summed E-state index contributed by atoms with van der Waals surface area (Å²) in [7, 11) is 0. The first-order chi connectivity index (χ1) is 7.95. The van der Waals surface area contributed by atoms with Crippen molar-refractivity contribution in [1.29, 1.82) is 0 Å². The lowest BCUT2D eigenvalue weighted by Gasteiger charge is -2.12. The van der Waals surface area contributed by atoms with Crippen molar-refractivity contribution in [2.24, 2.45) is 5.73 Å². The van der Waals surface area contributed by atoms with Gasteiger partial charge in [-0.15, -0.1) is 12.4 Å². The third-order valence-electron chi connectivity index (χ3n) is 2.16. The van der Waals surface area contributed by atoms with E-state index in [0.29, 0.717) is 12.2 Å². The van der Waals surface area contributed by atoms with Gasteiger partial charge in [0.2, 0.25) is 0 Å². The number of benzene rings is 1. The summed E-state index contributed by atoms with van der Waals surface area (Å²) in [6.45, 7) is 2.03. The first-order valence-electron chi connectivity index (χ1n) is 5.04. The second-order valence-corrected chi connectivity index (χ2v) is 4.26. The number of ether oxygens (including phenoxy) is 1. The van der Waals surface area contributed by atoms with Gasteiger partial charge in [-0.05, 0) is 24.6 Å². The van der Waals surface area contributed by atoms with Gasteiger partial charge in [0.15, 0.2) is 5.75 Å². The predicted octanol–water partition coefficient (Wildman–Crippen LogP) is 3.07. The third-order valence-corrected chi connectivity index (χ3v) is 2.74. The van der Waals surface area contributed by atoms with Crippen LogP contribution in [0.1, 0.15) is 24.9 Å². The summed E-state index contributed by atoms with van der Waals surface area (Å²) in [4.78, 5) is 11.2. The molecule has 1 atom stereocenters. The average molecular weight is 315 g/mol. The van der Waals surface area contributed by atoms with Crippen LogP contribution in [-0.2, 0) is 9.53 Å². The number of carbonyl (C=O) groups is 1. The summed E-state index contributed by atoms with van der Waals surface area (Å²) in [5, 5.41) is 9.59. The molecule has 0 fully saturated rings. The van der Waals surface area contributed by atoms with Crippen LogP contribution in [0.25, 0.3) is 0 Å². The molecule has 1 rings (SSSR count). The number of hydrogen-bond acceptors (Lipinski definition) is 4. The van der Waals surface area contributed by atoms with E-state index in [4.69, 9.17) is 33.7 Å². The van der Waals surface area contributed by atoms with E-state index in [0.717, 1.165) is 0 Å². The van der Waals surface area contributed by atoms with Gasteiger partial charge in [0, 0.05) is 6.04 Å². The van der Waals surface area contributed by atoms with E-state index in [1.54, 1.807) is 6.92 Å². The Hall–Kier alpha value is -0.680. The van der Waals surface area contributed by atoms with Crippen LogP contribution in [0.15, 0.2) is 12.1 Å². The molecule has 0 spiro atoms. The molecule has 0 amide bonds. The lowest BCUT2D eigenvalue weighted by atomic mass is 10.0. The fraction of sp³-hybridized carbons (Fsp3) is 0.364. The maximum Gasteiger partial charge on any atom is 0.307 e. The standard InChI is InChI=1S/C11H13Cl2NO3.ClH/c1-2-17-10(15)5-9(14)6-3-7(12)11(16)8(13)4-6;/h3-4,9,16H,2,5,14H2,1H3;1H/t9-;/m1./s1. The molecule has 0 aliphatic heterocycles. The van der Waals surface area contributed by atoms with Crippen LogP contribution in [0.3, 0.4) is 0 Å². The monoisotopic (exact) mass is 313 g/mol. The number of rotatable bonds is 4. The fourth-order valence-electron chi connectivity index (χ4n) is 1.32. The summed E-state index contributed by atoms with van der Waals surface area (Å²) in [6.07, 6.45) is 0.0330. The molecule has 0 unspecified atom stereocenters. The summed E-state index contributed by atoms with van der Waals surface area (Å²) >= 11 is 11.5. The van der Waals surface area contributed by atoms with E-state index >= 15 is 0 Å². The van der Waals surface area contributed by atoms with Crippen molar-refractivity contribution < 1.29 is 14.6 Å². The van der Waals surface area contributed by atoms with Gasteiger partial charge in [-0.1, -0.05) is 23.2 Å². The largest absolute Gasteiger partial charge is 0.505 e. The number of carbonyl (C=O) groups excluding carboxylic acids is 1. The number of phenols is 1. The Morgan fingerprint density at radius 2 is 1.94 bits per heavy atom. The van der Waals surface area contributed by atoms with E-state index in [2.05, 4.69) is 0 Å². The van der Waals surface area contributed by atoms with Crippen LogP contribution in [0.5, 0.6) is 5.75 Å². The predicted molar refractivity (Wildman–Crippen MR) is 73.6 cm³/mol. The first kappa shape index (κ1) is 17.3. The molecule has 1 aromatic rings. The van der Waals surface area contributed by atoms with Crippen molar-refractivity contribution in [1.82, 2.24) is 0 Å². The molecule has 0 saturated heterocycles. The quantitative estimate of drug-likeness (QED) is 0.838. The SMILES string of the molecule is CCOC(=O)C[C@@H](N)c1cc(Cl)c(O)c(Cl)c1.Cl. The Balaban J connectivity index is 0.00000289. The van der Waals surface area contributed by atoms with E-state index in [1.165, 1.54) is 12.1 Å². The number of esters is 1. The van der Waals surface area contributed by atoms with Crippen molar-refractivity contribution in [2.45, 2.75) is 19.4 Å². The Morgan fingerprint density at radius 1 is 1.44 bits per heavy atom. The highest BCUT2D eigenvalue weighted by Gasteiger charge is 2.15. The minimum atomic E-state index is -0.565. The van der Waals surface area contributed by atoms with Gasteiger partial charge >= 0.3 is 5.97 Å². The average Bonchev–Trinajstić information content (AvgIpc) is 2.25. The molecule has 0 saturated carbocycles. The molecular formula is C11H14Cl3NO3. The van der Waals surface area contributed by atoms with Crippen LogP contribution >= 0.6 is 35.6 Å². The maximum absolute atomic E-state index is 11.2. The molecule has 0 bridgehead atoms. The van der Waals surface area contributed by atoms with Crippen LogP contribution in [0.4, 0.5) is 0 Å². The van der Waals surface area contributed by atoms with Crippen molar-refractivity contribution >= 4 is 41.6 Å². The molecule has 3 N–H and O–H groups in total. The number of halogens is 3. The highest BCUT2D eigenvalue weighted by Crippen LogP contribution is 2.34. The Morgan fingerprint density at radius 3 is 2.39 bits per heavy atom. The van der Waals surface area contributed by atoms with Gasteiger partial charge in [0.05, 0.1) is 23.1 Å². The third kappa shape index (κ3) is 4.53. The van der Waals surface area contributed by atoms with E-state index in [9.17, 15) is 9.90 Å². The molecule has 102 valence electrons. The molecular weight excluding hydrogens is 300 g/mol. The van der Waals surface area contributed by atoms with Gasteiger partial charge in [0.25, 0.3) is 0 Å². The van der Waals surface area contributed by atoms with Crippen molar-refractivity contribution in [3.63, 3.8) is 0 Å². The van der Waals surface area contributed by atoms with Gasteiger partial charge in [-0.25, -0.2) is 0 Å². The molecule has 0 aliphatic carbocycles. The molecule has 1 aromatic carbocycles. The minimum Gasteiger partial charge on any atom is -0.505 e. The normalized spacial score (nSPS) is 11.6. The maximum atomic E-state index is 11.2. The highest BCUT2D eigenvalue weighted by molar-refractivity contribution is 6.37. The summed E-state index contributed by atoms with van der Waals surface area (Å²) in [5.41, 5.74) is 6.39. The number of phenolic OH excluding ortho intramolecular Hbond substituents is 1. The zero-order valence-corrected chi connectivity index (χ0v) is 12.0. The summed E-state index contributed by atoms with van der Waals surface area (Å²) in [5.74, 6) is -0.583. The van der Waals surface area contributed by atoms with E-state index in [1.807, 2.05) is 0 Å².